The number of carbonyl (C=O) groups is 1. The molecular weight excluding hydrogens is 312 g/mol. The van der Waals surface area contributed by atoms with Gasteiger partial charge in [-0.1, -0.05) is 18.6 Å². The molecule has 0 atom stereocenters. The van der Waals surface area contributed by atoms with Crippen molar-refractivity contribution in [3.05, 3.63) is 53.9 Å². The van der Waals surface area contributed by atoms with E-state index in [1.807, 2.05) is 31.2 Å². The molecule has 2 heterocycles. The minimum Gasteiger partial charge on any atom is -0.308 e. The molecule has 1 fully saturated rings. The van der Waals surface area contributed by atoms with Gasteiger partial charge in [-0.25, -0.2) is 4.79 Å². The lowest BCUT2D eigenvalue weighted by Gasteiger charge is -2.26. The predicted molar refractivity (Wildman–Crippen MR) is 102 cm³/mol. The Balaban J connectivity index is 1.51. The van der Waals surface area contributed by atoms with Crippen LogP contribution >= 0.6 is 0 Å². The van der Waals surface area contributed by atoms with Crippen LogP contribution in [0.1, 0.15) is 30.5 Å². The van der Waals surface area contributed by atoms with Crippen LogP contribution in [-0.4, -0.2) is 35.5 Å². The maximum absolute atomic E-state index is 12.1. The Hall–Kier alpha value is -2.40. The average molecular weight is 338 g/mol. The van der Waals surface area contributed by atoms with Crippen LogP contribution in [0.3, 0.4) is 0 Å². The van der Waals surface area contributed by atoms with Gasteiger partial charge in [0, 0.05) is 17.9 Å². The summed E-state index contributed by atoms with van der Waals surface area (Å²) < 4.78 is 0. The molecule has 0 spiro atoms. The fraction of sp³-hybridized carbons (Fsp3) is 0.400. The van der Waals surface area contributed by atoms with Gasteiger partial charge in [0.2, 0.25) is 0 Å². The second kappa shape index (κ2) is 8.62. The summed E-state index contributed by atoms with van der Waals surface area (Å²) in [5, 5.41) is 5.69. The maximum atomic E-state index is 12.1. The predicted octanol–water partition coefficient (Wildman–Crippen LogP) is 4.06. The number of pyridine rings is 1. The zero-order valence-corrected chi connectivity index (χ0v) is 14.8. The van der Waals surface area contributed by atoms with E-state index in [0.717, 1.165) is 24.3 Å². The van der Waals surface area contributed by atoms with Crippen LogP contribution in [0.5, 0.6) is 0 Å². The summed E-state index contributed by atoms with van der Waals surface area (Å²) in [7, 11) is 0. The largest absolute Gasteiger partial charge is 0.323 e. The lowest BCUT2D eigenvalue weighted by molar-refractivity contribution is 0.231. The number of nitrogens with zero attached hydrogens (tertiary/aromatic N) is 2. The number of anilines is 2. The van der Waals surface area contributed by atoms with Crippen molar-refractivity contribution in [3.63, 3.8) is 0 Å². The zero-order valence-electron chi connectivity index (χ0n) is 14.8. The molecule has 1 aliphatic rings. The third-order valence-corrected chi connectivity index (χ3v) is 4.52. The molecule has 1 aromatic carbocycles. The van der Waals surface area contributed by atoms with Crippen molar-refractivity contribution in [2.75, 3.05) is 30.3 Å². The van der Waals surface area contributed by atoms with Gasteiger partial charge in [0.25, 0.3) is 0 Å². The summed E-state index contributed by atoms with van der Waals surface area (Å²) in [4.78, 5) is 18.8. The van der Waals surface area contributed by atoms with Gasteiger partial charge in [-0.05, 0) is 69.1 Å². The van der Waals surface area contributed by atoms with Gasteiger partial charge in [0.15, 0.2) is 0 Å². The minimum atomic E-state index is -0.251. The molecule has 1 aliphatic heterocycles. The highest BCUT2D eigenvalue weighted by Crippen LogP contribution is 2.14. The molecule has 5 nitrogen and oxygen atoms in total. The molecule has 5 heteroatoms. The van der Waals surface area contributed by atoms with E-state index in [1.165, 1.54) is 37.9 Å². The molecule has 0 saturated carbocycles. The molecule has 2 aromatic rings. The quantitative estimate of drug-likeness (QED) is 0.864. The molecular formula is C20H26N4O. The second-order valence-electron chi connectivity index (χ2n) is 6.62. The van der Waals surface area contributed by atoms with Crippen LogP contribution in [0.25, 0.3) is 0 Å². The second-order valence-corrected chi connectivity index (χ2v) is 6.62. The van der Waals surface area contributed by atoms with Gasteiger partial charge >= 0.3 is 6.03 Å². The molecule has 0 aliphatic carbocycles. The highest BCUT2D eigenvalue weighted by molar-refractivity contribution is 5.99. The highest BCUT2D eigenvalue weighted by Gasteiger charge is 2.10. The Morgan fingerprint density at radius 2 is 1.88 bits per heavy atom. The van der Waals surface area contributed by atoms with E-state index in [-0.39, 0.29) is 6.03 Å². The Bertz CT molecular complexity index is 693. The molecule has 0 unspecified atom stereocenters. The van der Waals surface area contributed by atoms with E-state index < -0.39 is 0 Å². The summed E-state index contributed by atoms with van der Waals surface area (Å²) in [6, 6.07) is 11.5. The molecule has 1 aromatic heterocycles. The Morgan fingerprint density at radius 3 is 2.64 bits per heavy atom. The van der Waals surface area contributed by atoms with E-state index in [9.17, 15) is 4.79 Å². The molecule has 0 bridgehead atoms. The van der Waals surface area contributed by atoms with Crippen molar-refractivity contribution in [2.45, 2.75) is 32.6 Å². The molecule has 0 radical (unpaired) electrons. The van der Waals surface area contributed by atoms with Gasteiger partial charge in [0.1, 0.15) is 0 Å². The summed E-state index contributed by atoms with van der Waals surface area (Å²) in [5.41, 5.74) is 3.67. The minimum absolute atomic E-state index is 0.251. The summed E-state index contributed by atoms with van der Waals surface area (Å²) in [6.45, 7) is 5.43. The Morgan fingerprint density at radius 1 is 1.08 bits per heavy atom. The normalized spacial score (nSPS) is 14.9. The fourth-order valence-electron chi connectivity index (χ4n) is 3.11. The molecule has 2 amide bonds. The number of likely N-dealkylation sites (tertiary alicyclic amines) is 1. The number of aryl methyl sites for hydroxylation is 1. The number of urea groups is 1. The first kappa shape index (κ1) is 17.4. The van der Waals surface area contributed by atoms with Crippen molar-refractivity contribution in [2.24, 2.45) is 0 Å². The molecule has 132 valence electrons. The van der Waals surface area contributed by atoms with Crippen LogP contribution in [0, 0.1) is 6.92 Å². The molecule has 25 heavy (non-hydrogen) atoms. The van der Waals surface area contributed by atoms with Crippen LogP contribution in [0.4, 0.5) is 16.2 Å². The maximum Gasteiger partial charge on any atom is 0.323 e. The first-order valence-corrected chi connectivity index (χ1v) is 9.01. The van der Waals surface area contributed by atoms with Crippen LogP contribution in [0.15, 0.2) is 42.6 Å². The molecule has 2 N–H and O–H groups in total. The lowest BCUT2D eigenvalue weighted by Crippen LogP contribution is -2.31. The number of piperidine rings is 1. The number of nitrogens with one attached hydrogen (secondary N) is 2. The number of benzene rings is 1. The van der Waals surface area contributed by atoms with E-state index in [2.05, 4.69) is 32.7 Å². The first-order valence-electron chi connectivity index (χ1n) is 9.01. The van der Waals surface area contributed by atoms with Crippen molar-refractivity contribution in [1.29, 1.82) is 0 Å². The number of aromatic nitrogens is 1. The summed E-state index contributed by atoms with van der Waals surface area (Å²) in [6.07, 6.45) is 6.66. The van der Waals surface area contributed by atoms with Crippen molar-refractivity contribution >= 4 is 17.4 Å². The van der Waals surface area contributed by atoms with Gasteiger partial charge in [-0.15, -0.1) is 0 Å². The molecule has 3 rings (SSSR count). The number of hydrogen-bond acceptors (Lipinski definition) is 3. The van der Waals surface area contributed by atoms with E-state index in [0.29, 0.717) is 5.69 Å². The number of carbonyl (C=O) groups excluding carboxylic acids is 1. The fourth-order valence-corrected chi connectivity index (χ4v) is 3.11. The van der Waals surface area contributed by atoms with E-state index in [1.54, 1.807) is 6.20 Å². The van der Waals surface area contributed by atoms with Gasteiger partial charge in [0.05, 0.1) is 11.9 Å². The molecule has 1 saturated heterocycles. The third-order valence-electron chi connectivity index (χ3n) is 4.52. The van der Waals surface area contributed by atoms with Crippen LogP contribution in [-0.2, 0) is 6.42 Å². The first-order chi connectivity index (χ1) is 12.2. The van der Waals surface area contributed by atoms with Crippen molar-refractivity contribution < 1.29 is 4.79 Å². The van der Waals surface area contributed by atoms with Crippen LogP contribution < -0.4 is 10.6 Å². The zero-order chi connectivity index (χ0) is 17.5. The van der Waals surface area contributed by atoms with Gasteiger partial charge < -0.3 is 15.5 Å². The Labute approximate surface area is 149 Å². The highest BCUT2D eigenvalue weighted by atomic mass is 16.2. The summed E-state index contributed by atoms with van der Waals surface area (Å²) >= 11 is 0. The smallest absolute Gasteiger partial charge is 0.308 e. The lowest BCUT2D eigenvalue weighted by atomic mass is 10.1. The number of rotatable bonds is 5. The monoisotopic (exact) mass is 338 g/mol. The van der Waals surface area contributed by atoms with Crippen LogP contribution in [0.2, 0.25) is 0 Å². The van der Waals surface area contributed by atoms with Crippen molar-refractivity contribution in [1.82, 2.24) is 9.88 Å². The SMILES string of the molecule is Cc1ccc(NC(=O)Nc2cccc(CCN3CCCCC3)c2)cn1. The third kappa shape index (κ3) is 5.57. The van der Waals surface area contributed by atoms with Crippen molar-refractivity contribution in [3.8, 4) is 0 Å². The average Bonchev–Trinajstić information content (AvgIpc) is 2.63. The number of hydrogen-bond donors (Lipinski definition) is 2. The topological polar surface area (TPSA) is 57.3 Å². The van der Waals surface area contributed by atoms with E-state index in [4.69, 9.17) is 0 Å². The van der Waals surface area contributed by atoms with Gasteiger partial charge in [-0.2, -0.15) is 0 Å². The number of amides is 2. The Kier molecular flexibility index (Phi) is 6.01. The summed E-state index contributed by atoms with van der Waals surface area (Å²) in [5.74, 6) is 0. The standard InChI is InChI=1S/C20H26N4O/c1-16-8-9-19(15-21-16)23-20(25)22-18-7-5-6-17(14-18)10-13-24-11-3-2-4-12-24/h5-9,14-15H,2-4,10-13H2,1H3,(H2,22,23,25). The van der Waals surface area contributed by atoms with Gasteiger partial charge in [-0.3, -0.25) is 4.98 Å². The van der Waals surface area contributed by atoms with E-state index >= 15 is 0 Å².